The third-order valence-electron chi connectivity index (χ3n) is 5.39. The van der Waals surface area contributed by atoms with Gasteiger partial charge in [-0.15, -0.1) is 0 Å². The van der Waals surface area contributed by atoms with E-state index in [1.165, 1.54) is 0 Å². The van der Waals surface area contributed by atoms with Gasteiger partial charge in [-0.1, -0.05) is 12.5 Å². The topological polar surface area (TPSA) is 139 Å². The number of nitrogens with two attached hydrogens (primary N) is 1. The maximum Gasteiger partial charge on any atom is 0.308 e. The second kappa shape index (κ2) is 9.04. The first-order chi connectivity index (χ1) is 13.9. The standard InChI is InChI=1S/C20H27N5O4/c1-25-11-14-12(5-2-8-16(14)24-25)18(26)23-17(9-4-10-21)19(27)22-15-7-3-6-13(15)20(28)29/h2,5,8,11,13,15,17H,3-4,6-7,9-10,21H2,1H3,(H,22,27)(H,23,26)(H,28,29). The van der Waals surface area contributed by atoms with Crippen molar-refractivity contribution in [3.05, 3.63) is 30.0 Å². The Bertz CT molecular complexity index is 909. The number of benzene rings is 1. The van der Waals surface area contributed by atoms with Gasteiger partial charge >= 0.3 is 5.97 Å². The van der Waals surface area contributed by atoms with Crippen LogP contribution in [0.4, 0.5) is 0 Å². The van der Waals surface area contributed by atoms with Crippen molar-refractivity contribution in [2.24, 2.45) is 18.7 Å². The van der Waals surface area contributed by atoms with Crippen LogP contribution in [0.5, 0.6) is 0 Å². The van der Waals surface area contributed by atoms with Crippen LogP contribution in [-0.4, -0.2) is 51.3 Å². The number of amides is 2. The van der Waals surface area contributed by atoms with E-state index < -0.39 is 24.0 Å². The van der Waals surface area contributed by atoms with Crippen LogP contribution in [0, 0.1) is 5.92 Å². The van der Waals surface area contributed by atoms with Gasteiger partial charge in [-0.25, -0.2) is 0 Å². The van der Waals surface area contributed by atoms with Gasteiger partial charge in [0.05, 0.1) is 17.0 Å². The normalized spacial score (nSPS) is 19.8. The van der Waals surface area contributed by atoms with Gasteiger partial charge in [0, 0.05) is 24.7 Å². The van der Waals surface area contributed by atoms with E-state index in [4.69, 9.17) is 5.73 Å². The summed E-state index contributed by atoms with van der Waals surface area (Å²) in [5.41, 5.74) is 6.72. The molecule has 1 aliphatic carbocycles. The molecule has 0 radical (unpaired) electrons. The molecular formula is C20H27N5O4. The summed E-state index contributed by atoms with van der Waals surface area (Å²) in [4.78, 5) is 37.1. The summed E-state index contributed by atoms with van der Waals surface area (Å²) in [6.45, 7) is 0.388. The average molecular weight is 401 g/mol. The van der Waals surface area contributed by atoms with Gasteiger partial charge in [-0.2, -0.15) is 5.10 Å². The van der Waals surface area contributed by atoms with E-state index in [0.29, 0.717) is 48.7 Å². The zero-order valence-electron chi connectivity index (χ0n) is 16.4. The summed E-state index contributed by atoms with van der Waals surface area (Å²) in [6.07, 6.45) is 4.61. The predicted molar refractivity (Wildman–Crippen MR) is 107 cm³/mol. The number of carbonyl (C=O) groups is 3. The minimum atomic E-state index is -0.904. The molecule has 0 saturated heterocycles. The molecule has 156 valence electrons. The largest absolute Gasteiger partial charge is 0.481 e. The first-order valence-electron chi connectivity index (χ1n) is 9.87. The maximum absolute atomic E-state index is 12.9. The fourth-order valence-electron chi connectivity index (χ4n) is 3.90. The average Bonchev–Trinajstić information content (AvgIpc) is 3.29. The first kappa shape index (κ1) is 20.8. The molecule has 3 atom stereocenters. The van der Waals surface area contributed by atoms with Crippen LogP contribution in [-0.2, 0) is 16.6 Å². The van der Waals surface area contributed by atoms with Crippen LogP contribution in [0.25, 0.3) is 10.9 Å². The Hall–Kier alpha value is -2.94. The van der Waals surface area contributed by atoms with E-state index in [2.05, 4.69) is 15.7 Å². The van der Waals surface area contributed by atoms with Gasteiger partial charge in [0.1, 0.15) is 6.04 Å². The number of carboxylic acid groups (broad SMARTS) is 1. The molecule has 1 aromatic carbocycles. The van der Waals surface area contributed by atoms with Crippen molar-refractivity contribution in [1.82, 2.24) is 20.4 Å². The second-order valence-electron chi connectivity index (χ2n) is 7.49. The zero-order chi connectivity index (χ0) is 21.0. The van der Waals surface area contributed by atoms with Crippen LogP contribution in [0.15, 0.2) is 24.4 Å². The van der Waals surface area contributed by atoms with Crippen LogP contribution in [0.1, 0.15) is 42.5 Å². The smallest absolute Gasteiger partial charge is 0.308 e. The summed E-state index contributed by atoms with van der Waals surface area (Å²) < 4.78 is 1.63. The Morgan fingerprint density at radius 2 is 2.14 bits per heavy atom. The third-order valence-corrected chi connectivity index (χ3v) is 5.39. The lowest BCUT2D eigenvalue weighted by molar-refractivity contribution is -0.142. The lowest BCUT2D eigenvalue weighted by Crippen LogP contribution is -2.51. The van der Waals surface area contributed by atoms with Gasteiger partial charge in [-0.3, -0.25) is 19.1 Å². The summed E-state index contributed by atoms with van der Waals surface area (Å²) >= 11 is 0. The number of aliphatic carboxylic acids is 1. The highest BCUT2D eigenvalue weighted by molar-refractivity contribution is 6.07. The Balaban J connectivity index is 1.74. The molecule has 3 unspecified atom stereocenters. The molecule has 2 aromatic rings. The lowest BCUT2D eigenvalue weighted by Gasteiger charge is -2.23. The van der Waals surface area contributed by atoms with E-state index >= 15 is 0 Å². The van der Waals surface area contributed by atoms with Gasteiger partial charge in [0.25, 0.3) is 5.91 Å². The fraction of sp³-hybridized carbons (Fsp3) is 0.500. The molecular weight excluding hydrogens is 374 g/mol. The number of carboxylic acids is 1. The predicted octanol–water partition coefficient (Wildman–Crippen LogP) is 0.780. The number of nitrogens with zero attached hydrogens (tertiary/aromatic N) is 2. The van der Waals surface area contributed by atoms with Crippen LogP contribution < -0.4 is 16.4 Å². The molecule has 1 saturated carbocycles. The summed E-state index contributed by atoms with van der Waals surface area (Å²) in [7, 11) is 1.78. The molecule has 9 nitrogen and oxygen atoms in total. The van der Waals surface area contributed by atoms with Gasteiger partial charge in [-0.05, 0) is 44.4 Å². The molecule has 5 N–H and O–H groups in total. The zero-order valence-corrected chi connectivity index (χ0v) is 16.4. The SMILES string of the molecule is Cn1cc2c(C(=O)NC(CCCN)C(=O)NC3CCCC3C(=O)O)cccc2n1. The van der Waals surface area contributed by atoms with Crippen molar-refractivity contribution in [2.75, 3.05) is 6.54 Å². The van der Waals surface area contributed by atoms with E-state index in [0.717, 1.165) is 6.42 Å². The van der Waals surface area contributed by atoms with E-state index in [1.54, 1.807) is 30.1 Å². The molecule has 0 spiro atoms. The molecule has 1 aromatic heterocycles. The highest BCUT2D eigenvalue weighted by atomic mass is 16.4. The Labute approximate surface area is 168 Å². The second-order valence-corrected chi connectivity index (χ2v) is 7.49. The van der Waals surface area contributed by atoms with Crippen molar-refractivity contribution in [2.45, 2.75) is 44.2 Å². The van der Waals surface area contributed by atoms with Crippen molar-refractivity contribution in [3.8, 4) is 0 Å². The Morgan fingerprint density at radius 3 is 2.86 bits per heavy atom. The molecule has 9 heteroatoms. The van der Waals surface area contributed by atoms with Gasteiger partial charge < -0.3 is 21.5 Å². The van der Waals surface area contributed by atoms with Gasteiger partial charge in [0.15, 0.2) is 0 Å². The van der Waals surface area contributed by atoms with Crippen molar-refractivity contribution >= 4 is 28.7 Å². The molecule has 3 rings (SSSR count). The number of hydrogen-bond acceptors (Lipinski definition) is 5. The van der Waals surface area contributed by atoms with Crippen LogP contribution >= 0.6 is 0 Å². The number of carbonyl (C=O) groups excluding carboxylic acids is 2. The number of nitrogens with one attached hydrogen (secondary N) is 2. The maximum atomic E-state index is 12.9. The van der Waals surface area contributed by atoms with Crippen LogP contribution in [0.3, 0.4) is 0 Å². The Kier molecular flexibility index (Phi) is 6.48. The molecule has 29 heavy (non-hydrogen) atoms. The van der Waals surface area contributed by atoms with Crippen molar-refractivity contribution in [3.63, 3.8) is 0 Å². The first-order valence-corrected chi connectivity index (χ1v) is 9.87. The van der Waals surface area contributed by atoms with E-state index in [-0.39, 0.29) is 11.8 Å². The number of aromatic nitrogens is 2. The molecule has 0 aliphatic heterocycles. The number of rotatable bonds is 8. The van der Waals surface area contributed by atoms with Gasteiger partial charge in [0.2, 0.25) is 5.91 Å². The number of aryl methyl sites for hydroxylation is 1. The van der Waals surface area contributed by atoms with Crippen molar-refractivity contribution < 1.29 is 19.5 Å². The fourth-order valence-corrected chi connectivity index (χ4v) is 3.90. The molecule has 1 aliphatic rings. The summed E-state index contributed by atoms with van der Waals surface area (Å²) in [5, 5.41) is 19.9. The number of hydrogen-bond donors (Lipinski definition) is 4. The summed E-state index contributed by atoms with van der Waals surface area (Å²) in [5.74, 6) is -2.24. The molecule has 1 heterocycles. The number of fused-ring (bicyclic) bond motifs is 1. The lowest BCUT2D eigenvalue weighted by atomic mass is 10.0. The molecule has 0 bridgehead atoms. The highest BCUT2D eigenvalue weighted by Crippen LogP contribution is 2.26. The van der Waals surface area contributed by atoms with E-state index in [1.807, 2.05) is 6.07 Å². The van der Waals surface area contributed by atoms with Crippen molar-refractivity contribution in [1.29, 1.82) is 0 Å². The molecule has 1 fully saturated rings. The van der Waals surface area contributed by atoms with E-state index in [9.17, 15) is 19.5 Å². The highest BCUT2D eigenvalue weighted by Gasteiger charge is 2.35. The summed E-state index contributed by atoms with van der Waals surface area (Å²) in [6, 6.07) is 4.05. The monoisotopic (exact) mass is 401 g/mol. The minimum Gasteiger partial charge on any atom is -0.481 e. The third kappa shape index (κ3) is 4.73. The van der Waals surface area contributed by atoms with Crippen LogP contribution in [0.2, 0.25) is 0 Å². The molecule has 2 amide bonds. The quantitative estimate of drug-likeness (QED) is 0.515. The Morgan fingerprint density at radius 1 is 1.34 bits per heavy atom. The minimum absolute atomic E-state index is 0.372.